The van der Waals surface area contributed by atoms with E-state index in [4.69, 9.17) is 13.7 Å². The topological polar surface area (TPSA) is 94.2 Å². The molecule has 0 atom stereocenters. The summed E-state index contributed by atoms with van der Waals surface area (Å²) in [4.78, 5) is 14.9. The van der Waals surface area contributed by atoms with Crippen molar-refractivity contribution in [3.63, 3.8) is 0 Å². The summed E-state index contributed by atoms with van der Waals surface area (Å²) in [5.74, 6) is 1.30. The third kappa shape index (κ3) is 7.15. The van der Waals surface area contributed by atoms with Crippen molar-refractivity contribution in [2.24, 2.45) is 0 Å². The Hall–Kier alpha value is -3.72. The number of hydrogen-bond acceptors (Lipinski definition) is 6. The number of benzene rings is 3. The monoisotopic (exact) mass is 470 g/mol. The van der Waals surface area contributed by atoms with Gasteiger partial charge in [0.1, 0.15) is 17.2 Å². The van der Waals surface area contributed by atoms with Gasteiger partial charge in [-0.15, -0.1) is 0 Å². The summed E-state index contributed by atoms with van der Waals surface area (Å²) >= 11 is 0. The zero-order valence-corrected chi connectivity index (χ0v) is 19.5. The van der Waals surface area contributed by atoms with Crippen LogP contribution >= 0.6 is 0 Å². The van der Waals surface area contributed by atoms with Crippen molar-refractivity contribution in [3.8, 4) is 17.2 Å². The van der Waals surface area contributed by atoms with Crippen molar-refractivity contribution in [3.05, 3.63) is 83.9 Å². The maximum absolute atomic E-state index is 13.2. The molecule has 0 radical (unpaired) electrons. The number of carbonyl (C=O) groups is 1. The predicted molar refractivity (Wildman–Crippen MR) is 126 cm³/mol. The number of ether oxygens (including phenoxy) is 2. The molecule has 0 bridgehead atoms. The third-order valence-corrected chi connectivity index (χ3v) is 5.19. The van der Waals surface area contributed by atoms with E-state index < -0.39 is 10.1 Å². The minimum Gasteiger partial charge on any atom is -0.497 e. The molecule has 0 unspecified atom stereocenters. The number of rotatable bonds is 9. The van der Waals surface area contributed by atoms with Gasteiger partial charge in [0, 0.05) is 19.2 Å². The van der Waals surface area contributed by atoms with Crippen LogP contribution in [0.4, 0.5) is 10.5 Å². The summed E-state index contributed by atoms with van der Waals surface area (Å²) in [6.07, 6.45) is 0.986. The Bertz CT molecular complexity index is 1180. The van der Waals surface area contributed by atoms with Crippen LogP contribution in [0.5, 0.6) is 17.2 Å². The molecule has 0 aliphatic carbocycles. The molecule has 0 saturated carbocycles. The van der Waals surface area contributed by atoms with Crippen molar-refractivity contribution in [1.29, 1.82) is 0 Å². The van der Waals surface area contributed by atoms with Crippen LogP contribution < -0.4 is 19.0 Å². The molecule has 1 N–H and O–H groups in total. The van der Waals surface area contributed by atoms with E-state index in [9.17, 15) is 13.2 Å². The fourth-order valence-electron chi connectivity index (χ4n) is 3.14. The van der Waals surface area contributed by atoms with Crippen molar-refractivity contribution in [2.75, 3.05) is 25.8 Å². The largest absolute Gasteiger partial charge is 0.497 e. The molecule has 9 heteroatoms. The molecule has 0 spiro atoms. The lowest BCUT2D eigenvalue weighted by Gasteiger charge is -2.24. The summed E-state index contributed by atoms with van der Waals surface area (Å²) in [7, 11) is -0.532. The van der Waals surface area contributed by atoms with Crippen LogP contribution in [-0.2, 0) is 23.2 Å². The maximum Gasteiger partial charge on any atom is 0.322 e. The fourth-order valence-corrected chi connectivity index (χ4v) is 3.61. The average molecular weight is 471 g/mol. The quantitative estimate of drug-likeness (QED) is 0.469. The normalized spacial score (nSPS) is 10.9. The van der Waals surface area contributed by atoms with Gasteiger partial charge in [-0.05, 0) is 35.4 Å². The third-order valence-electron chi connectivity index (χ3n) is 4.70. The number of anilines is 1. The second-order valence-corrected chi connectivity index (χ2v) is 8.84. The van der Waals surface area contributed by atoms with Gasteiger partial charge in [-0.3, -0.25) is 0 Å². The highest BCUT2D eigenvalue weighted by atomic mass is 32.2. The van der Waals surface area contributed by atoms with Gasteiger partial charge in [-0.1, -0.05) is 42.5 Å². The summed E-state index contributed by atoms with van der Waals surface area (Å²) in [5.41, 5.74) is 2.29. The van der Waals surface area contributed by atoms with Crippen LogP contribution in [0.1, 0.15) is 11.1 Å². The van der Waals surface area contributed by atoms with Crippen LogP contribution in [0, 0.1) is 0 Å². The highest BCUT2D eigenvalue weighted by Gasteiger charge is 2.17. The van der Waals surface area contributed by atoms with Crippen molar-refractivity contribution < 1.29 is 26.9 Å². The molecule has 33 heavy (non-hydrogen) atoms. The Balaban J connectivity index is 1.81. The van der Waals surface area contributed by atoms with Crippen LogP contribution in [0.2, 0.25) is 0 Å². The van der Waals surface area contributed by atoms with Gasteiger partial charge in [-0.2, -0.15) is 8.42 Å². The van der Waals surface area contributed by atoms with Crippen molar-refractivity contribution in [1.82, 2.24) is 4.90 Å². The molecule has 0 fully saturated rings. The Labute approximate surface area is 193 Å². The van der Waals surface area contributed by atoms with Crippen LogP contribution in [0.25, 0.3) is 0 Å². The van der Waals surface area contributed by atoms with E-state index in [1.165, 1.54) is 7.11 Å². The molecule has 3 rings (SSSR count). The van der Waals surface area contributed by atoms with Gasteiger partial charge >= 0.3 is 16.1 Å². The minimum atomic E-state index is -3.61. The molecule has 0 aromatic heterocycles. The Morgan fingerprint density at radius 3 is 2.03 bits per heavy atom. The van der Waals surface area contributed by atoms with Gasteiger partial charge in [-0.25, -0.2) is 4.79 Å². The summed E-state index contributed by atoms with van der Waals surface area (Å²) in [6.45, 7) is 0.658. The molecule has 8 nitrogen and oxygen atoms in total. The number of carbonyl (C=O) groups excluding carboxylic acids is 1. The predicted octanol–water partition coefficient (Wildman–Crippen LogP) is 4.28. The van der Waals surface area contributed by atoms with E-state index in [1.807, 2.05) is 30.3 Å². The van der Waals surface area contributed by atoms with Gasteiger partial charge in [0.15, 0.2) is 0 Å². The minimum absolute atomic E-state index is 0.211. The molecule has 0 heterocycles. The number of urea groups is 1. The fraction of sp³-hybridized carbons (Fsp3) is 0.208. The number of methoxy groups -OCH3 is 2. The lowest BCUT2D eigenvalue weighted by atomic mass is 10.1. The van der Waals surface area contributed by atoms with Crippen molar-refractivity contribution in [2.45, 2.75) is 13.1 Å². The standard InChI is InChI=1S/C24H26N2O6S/c1-30-21-13-14-22(23(15-21)31-2)25-24(27)26(16-18-7-5-4-6-8-18)17-19-9-11-20(12-10-19)32-33(3,28)29/h4-15H,16-17H2,1-3H3,(H,25,27). The lowest BCUT2D eigenvalue weighted by Crippen LogP contribution is -2.34. The van der Waals surface area contributed by atoms with Gasteiger partial charge < -0.3 is 23.9 Å². The number of amides is 2. The number of nitrogens with one attached hydrogen (secondary N) is 1. The summed E-state index contributed by atoms with van der Waals surface area (Å²) < 4.78 is 38.1. The van der Waals surface area contributed by atoms with Crippen LogP contribution in [-0.4, -0.2) is 39.8 Å². The van der Waals surface area contributed by atoms with E-state index in [0.29, 0.717) is 30.3 Å². The molecule has 174 valence electrons. The number of hydrogen-bond donors (Lipinski definition) is 1. The average Bonchev–Trinajstić information content (AvgIpc) is 2.79. The zero-order valence-electron chi connectivity index (χ0n) is 18.6. The van der Waals surface area contributed by atoms with E-state index in [2.05, 4.69) is 5.32 Å². The van der Waals surface area contributed by atoms with Gasteiger partial charge in [0.05, 0.1) is 26.2 Å². The smallest absolute Gasteiger partial charge is 0.322 e. The molecule has 0 aliphatic rings. The molecule has 3 aromatic carbocycles. The maximum atomic E-state index is 13.2. The number of nitrogens with zero attached hydrogens (tertiary/aromatic N) is 1. The first-order chi connectivity index (χ1) is 15.8. The second-order valence-electron chi connectivity index (χ2n) is 7.27. The summed E-state index contributed by atoms with van der Waals surface area (Å²) in [5, 5.41) is 2.90. The molecular formula is C24H26N2O6S. The lowest BCUT2D eigenvalue weighted by molar-refractivity contribution is 0.206. The van der Waals surface area contributed by atoms with E-state index in [1.54, 1.807) is 54.5 Å². The van der Waals surface area contributed by atoms with Gasteiger partial charge in [0.2, 0.25) is 0 Å². The van der Waals surface area contributed by atoms with Gasteiger partial charge in [0.25, 0.3) is 0 Å². The first-order valence-electron chi connectivity index (χ1n) is 10.1. The first-order valence-corrected chi connectivity index (χ1v) is 11.9. The Morgan fingerprint density at radius 2 is 1.45 bits per heavy atom. The van der Waals surface area contributed by atoms with Crippen molar-refractivity contribution >= 4 is 21.8 Å². The second kappa shape index (κ2) is 10.7. The van der Waals surface area contributed by atoms with Crippen LogP contribution in [0.15, 0.2) is 72.8 Å². The highest BCUT2D eigenvalue weighted by molar-refractivity contribution is 7.86. The zero-order chi connectivity index (χ0) is 23.8. The SMILES string of the molecule is COc1ccc(NC(=O)N(Cc2ccccc2)Cc2ccc(OS(C)(=O)=O)cc2)c(OC)c1. The van der Waals surface area contributed by atoms with E-state index >= 15 is 0 Å². The summed E-state index contributed by atoms with van der Waals surface area (Å²) in [6, 6.07) is 21.0. The molecule has 0 aliphatic heterocycles. The molecular weight excluding hydrogens is 444 g/mol. The van der Waals surface area contributed by atoms with Crippen LogP contribution in [0.3, 0.4) is 0 Å². The highest BCUT2D eigenvalue weighted by Crippen LogP contribution is 2.29. The molecule has 2 amide bonds. The van der Waals surface area contributed by atoms with E-state index in [-0.39, 0.29) is 11.8 Å². The molecule has 3 aromatic rings. The molecule has 0 saturated heterocycles. The Morgan fingerprint density at radius 1 is 0.848 bits per heavy atom. The Kier molecular flexibility index (Phi) is 7.78. The first kappa shape index (κ1) is 23.9. The van der Waals surface area contributed by atoms with E-state index in [0.717, 1.165) is 17.4 Å².